The Hall–Kier alpha value is -0.820. The van der Waals surface area contributed by atoms with E-state index in [1.54, 1.807) is 11.1 Å². The van der Waals surface area contributed by atoms with Crippen molar-refractivity contribution >= 4 is 0 Å². The van der Waals surface area contributed by atoms with Crippen molar-refractivity contribution in [3.05, 3.63) is 34.9 Å². The second kappa shape index (κ2) is 7.98. The van der Waals surface area contributed by atoms with E-state index in [1.807, 2.05) is 0 Å². The summed E-state index contributed by atoms with van der Waals surface area (Å²) < 4.78 is 0. The molecule has 0 heterocycles. The number of likely N-dealkylation sites (N-methyl/N-ethyl adjacent to an activating group) is 1. The van der Waals surface area contributed by atoms with Crippen LogP contribution < -0.4 is 0 Å². The highest BCUT2D eigenvalue weighted by atomic mass is 15.2. The molecule has 1 atom stereocenters. The van der Waals surface area contributed by atoms with Gasteiger partial charge in [0.15, 0.2) is 0 Å². The van der Waals surface area contributed by atoms with Crippen LogP contribution in [0.1, 0.15) is 69.1 Å². The van der Waals surface area contributed by atoms with Gasteiger partial charge in [-0.25, -0.2) is 0 Å². The van der Waals surface area contributed by atoms with E-state index < -0.39 is 0 Å². The van der Waals surface area contributed by atoms with Crippen molar-refractivity contribution in [2.75, 3.05) is 7.05 Å². The number of hydrogen-bond donors (Lipinski definition) is 0. The van der Waals surface area contributed by atoms with Gasteiger partial charge in [-0.05, 0) is 63.3 Å². The van der Waals surface area contributed by atoms with Crippen LogP contribution >= 0.6 is 0 Å². The first kappa shape index (κ1) is 16.5. The number of rotatable bonds is 6. The topological polar surface area (TPSA) is 3.24 Å². The minimum absolute atomic E-state index is 0.642. The molecule has 0 spiro atoms. The highest BCUT2D eigenvalue weighted by molar-refractivity contribution is 5.34. The first-order valence-electron chi connectivity index (χ1n) is 8.92. The van der Waals surface area contributed by atoms with Crippen molar-refractivity contribution in [1.29, 1.82) is 0 Å². The maximum Gasteiger partial charge on any atom is 0.0107 e. The molecule has 0 N–H and O–H groups in total. The molecule has 21 heavy (non-hydrogen) atoms. The van der Waals surface area contributed by atoms with Crippen molar-refractivity contribution in [3.63, 3.8) is 0 Å². The molecule has 0 amide bonds. The van der Waals surface area contributed by atoms with Crippen LogP contribution in [0.5, 0.6) is 0 Å². The smallest absolute Gasteiger partial charge is 0.0107 e. The Morgan fingerprint density at radius 2 is 1.81 bits per heavy atom. The average Bonchev–Trinajstić information content (AvgIpc) is 2.51. The molecule has 0 bridgehead atoms. The van der Waals surface area contributed by atoms with Crippen LogP contribution in [0.15, 0.2) is 18.2 Å². The van der Waals surface area contributed by atoms with Gasteiger partial charge in [0, 0.05) is 12.1 Å². The molecule has 1 aromatic rings. The molecule has 0 aliphatic heterocycles. The van der Waals surface area contributed by atoms with Gasteiger partial charge >= 0.3 is 0 Å². The molecule has 1 aromatic carbocycles. The Morgan fingerprint density at radius 3 is 2.48 bits per heavy atom. The van der Waals surface area contributed by atoms with E-state index in [1.165, 1.54) is 56.9 Å². The average molecular weight is 287 g/mol. The molecule has 1 aliphatic rings. The maximum absolute atomic E-state index is 2.64. The lowest BCUT2D eigenvalue weighted by Gasteiger charge is -2.36. The molecule has 1 unspecified atom stereocenters. The summed E-state index contributed by atoms with van der Waals surface area (Å²) in [5.41, 5.74) is 4.63. The van der Waals surface area contributed by atoms with Crippen molar-refractivity contribution in [3.8, 4) is 0 Å². The zero-order chi connectivity index (χ0) is 15.2. The standard InChI is InChI=1S/C20H33N/c1-5-10-18-11-9-12-19(17(18)3)15-16(2)21(4)20-13-7-6-8-14-20/h9,11-12,16,20H,5-8,10,13-15H2,1-4H3. The SMILES string of the molecule is CCCc1cccc(CC(C)N(C)C2CCCCC2)c1C. The van der Waals surface area contributed by atoms with Crippen molar-refractivity contribution in [1.82, 2.24) is 4.90 Å². The molecular weight excluding hydrogens is 254 g/mol. The van der Waals surface area contributed by atoms with Crippen molar-refractivity contribution < 1.29 is 0 Å². The van der Waals surface area contributed by atoms with Crippen LogP contribution in [0.3, 0.4) is 0 Å². The van der Waals surface area contributed by atoms with E-state index in [0.29, 0.717) is 6.04 Å². The quantitative estimate of drug-likeness (QED) is 0.700. The molecule has 1 fully saturated rings. The Bertz CT molecular complexity index is 431. The third kappa shape index (κ3) is 4.32. The van der Waals surface area contributed by atoms with E-state index >= 15 is 0 Å². The lowest BCUT2D eigenvalue weighted by Crippen LogP contribution is -2.40. The van der Waals surface area contributed by atoms with E-state index in [4.69, 9.17) is 0 Å². The fourth-order valence-electron chi connectivity index (χ4n) is 3.81. The van der Waals surface area contributed by atoms with Crippen molar-refractivity contribution in [2.45, 2.75) is 84.2 Å². The monoisotopic (exact) mass is 287 g/mol. The molecule has 1 saturated carbocycles. The maximum atomic E-state index is 2.64. The summed E-state index contributed by atoms with van der Waals surface area (Å²) >= 11 is 0. The van der Waals surface area contributed by atoms with Crippen LogP contribution in [-0.4, -0.2) is 24.0 Å². The molecule has 118 valence electrons. The fourth-order valence-corrected chi connectivity index (χ4v) is 3.81. The first-order chi connectivity index (χ1) is 10.1. The Balaban J connectivity index is 2.01. The highest BCUT2D eigenvalue weighted by Gasteiger charge is 2.22. The first-order valence-corrected chi connectivity index (χ1v) is 8.92. The van der Waals surface area contributed by atoms with Gasteiger partial charge in [0.2, 0.25) is 0 Å². The second-order valence-corrected chi connectivity index (χ2v) is 6.96. The predicted octanol–water partition coefficient (Wildman–Crippen LogP) is 5.14. The van der Waals surface area contributed by atoms with Gasteiger partial charge in [-0.2, -0.15) is 0 Å². The van der Waals surface area contributed by atoms with Crippen LogP contribution in [0, 0.1) is 6.92 Å². The predicted molar refractivity (Wildman–Crippen MR) is 93.0 cm³/mol. The van der Waals surface area contributed by atoms with Gasteiger partial charge in [-0.1, -0.05) is 50.8 Å². The summed E-state index contributed by atoms with van der Waals surface area (Å²) in [5, 5.41) is 0. The van der Waals surface area contributed by atoms with Crippen LogP contribution in [0.4, 0.5) is 0 Å². The van der Waals surface area contributed by atoms with E-state index in [9.17, 15) is 0 Å². The van der Waals surface area contributed by atoms with E-state index in [2.05, 4.69) is 50.9 Å². The number of hydrogen-bond acceptors (Lipinski definition) is 1. The normalized spacial score (nSPS) is 18.1. The summed E-state index contributed by atoms with van der Waals surface area (Å²) in [7, 11) is 2.34. The summed E-state index contributed by atoms with van der Waals surface area (Å²) in [6.07, 6.45) is 10.7. The number of aryl methyl sites for hydroxylation is 1. The van der Waals surface area contributed by atoms with Crippen LogP contribution in [0.2, 0.25) is 0 Å². The minimum Gasteiger partial charge on any atom is -0.300 e. The lowest BCUT2D eigenvalue weighted by molar-refractivity contribution is 0.145. The fraction of sp³-hybridized carbons (Fsp3) is 0.700. The molecule has 0 radical (unpaired) electrons. The molecule has 1 aliphatic carbocycles. The van der Waals surface area contributed by atoms with Crippen LogP contribution in [-0.2, 0) is 12.8 Å². The van der Waals surface area contributed by atoms with Gasteiger partial charge in [-0.3, -0.25) is 0 Å². The van der Waals surface area contributed by atoms with E-state index in [-0.39, 0.29) is 0 Å². The molecule has 1 nitrogen and oxygen atoms in total. The Kier molecular flexibility index (Phi) is 6.29. The third-order valence-corrected chi connectivity index (χ3v) is 5.44. The lowest BCUT2D eigenvalue weighted by atomic mass is 9.91. The van der Waals surface area contributed by atoms with Gasteiger partial charge in [-0.15, -0.1) is 0 Å². The Morgan fingerprint density at radius 1 is 1.14 bits per heavy atom. The second-order valence-electron chi connectivity index (χ2n) is 6.96. The van der Waals surface area contributed by atoms with Gasteiger partial charge in [0.1, 0.15) is 0 Å². The Labute approximate surface area is 131 Å². The molecule has 0 aromatic heterocycles. The van der Waals surface area contributed by atoms with E-state index in [0.717, 1.165) is 6.04 Å². The van der Waals surface area contributed by atoms with Crippen LogP contribution in [0.25, 0.3) is 0 Å². The zero-order valence-electron chi connectivity index (χ0n) is 14.5. The molecule has 2 rings (SSSR count). The number of benzene rings is 1. The van der Waals surface area contributed by atoms with Gasteiger partial charge < -0.3 is 4.90 Å². The zero-order valence-corrected chi connectivity index (χ0v) is 14.5. The third-order valence-electron chi connectivity index (χ3n) is 5.44. The minimum atomic E-state index is 0.642. The summed E-state index contributed by atoms with van der Waals surface area (Å²) in [4.78, 5) is 2.64. The van der Waals surface area contributed by atoms with Crippen molar-refractivity contribution in [2.24, 2.45) is 0 Å². The molecular formula is C20H33N. The summed E-state index contributed by atoms with van der Waals surface area (Å²) in [6.45, 7) is 6.99. The molecule has 1 heteroatoms. The van der Waals surface area contributed by atoms with Gasteiger partial charge in [0.05, 0.1) is 0 Å². The summed E-state index contributed by atoms with van der Waals surface area (Å²) in [6, 6.07) is 8.34. The largest absolute Gasteiger partial charge is 0.300 e. The highest BCUT2D eigenvalue weighted by Crippen LogP contribution is 2.25. The summed E-state index contributed by atoms with van der Waals surface area (Å²) in [5.74, 6) is 0. The van der Waals surface area contributed by atoms with Gasteiger partial charge in [0.25, 0.3) is 0 Å². The molecule has 0 saturated heterocycles. The number of nitrogens with zero attached hydrogens (tertiary/aromatic N) is 1.